The van der Waals surface area contributed by atoms with Crippen LogP contribution >= 0.6 is 38.1 Å². The number of anilines is 1. The fourth-order valence-electron chi connectivity index (χ4n) is 6.11. The third-order valence-electron chi connectivity index (χ3n) is 8.46. The number of hydrogen-bond donors (Lipinski definition) is 4. The fourth-order valence-corrected chi connectivity index (χ4v) is 8.81. The summed E-state index contributed by atoms with van der Waals surface area (Å²) in [5.41, 5.74) is 6.44. The summed E-state index contributed by atoms with van der Waals surface area (Å²) in [6, 6.07) is -0.320. The molecule has 9 atom stereocenters. The number of aromatic amines is 1. The molecule has 0 bridgehead atoms. The smallest absolute Gasteiger partial charge is 0.382 e. The highest BCUT2D eigenvalue weighted by molar-refractivity contribution is 8.44. The summed E-state index contributed by atoms with van der Waals surface area (Å²) in [7, 11) is 0. The number of H-pyrrole nitrogens is 1. The lowest BCUT2D eigenvalue weighted by Crippen LogP contribution is -2.43. The van der Waals surface area contributed by atoms with Gasteiger partial charge in [-0.15, -0.1) is 10.2 Å². The molecule has 3 N–H and O–H groups in total. The van der Waals surface area contributed by atoms with Crippen molar-refractivity contribution < 1.29 is 36.4 Å². The van der Waals surface area contributed by atoms with Crippen LogP contribution in [0.4, 0.5) is 10.2 Å². The van der Waals surface area contributed by atoms with E-state index in [1.165, 1.54) is 34.3 Å². The highest BCUT2D eigenvalue weighted by atomic mass is 32.7. The maximum Gasteiger partial charge on any atom is 0.386 e. The number of ether oxygens (including phenoxy) is 1. The maximum absolute atomic E-state index is 16.0. The topological polar surface area (TPSA) is 231 Å². The predicted octanol–water partition coefficient (Wildman–Crippen LogP) is 2.13. The molecular weight excluding hydrogens is 691 g/mol. The number of hydrogen-bond acceptors (Lipinski definition) is 15. The van der Waals surface area contributed by atoms with E-state index in [9.17, 15) is 13.9 Å². The van der Waals surface area contributed by atoms with Crippen LogP contribution in [-0.2, 0) is 32.0 Å². The van der Waals surface area contributed by atoms with Crippen LogP contribution in [0, 0.1) is 11.8 Å². The van der Waals surface area contributed by atoms with Gasteiger partial charge in [-0.05, 0) is 12.3 Å². The van der Waals surface area contributed by atoms with Gasteiger partial charge in [-0.25, -0.2) is 37.9 Å². The van der Waals surface area contributed by atoms with Crippen LogP contribution in [0.3, 0.4) is 0 Å². The van der Waals surface area contributed by atoms with E-state index in [1.807, 2.05) is 0 Å². The highest BCUT2D eigenvalue weighted by Gasteiger charge is 2.52. The molecule has 46 heavy (non-hydrogen) atoms. The molecule has 7 heterocycles. The van der Waals surface area contributed by atoms with Gasteiger partial charge in [-0.3, -0.25) is 18.4 Å². The Morgan fingerprint density at radius 3 is 2.59 bits per heavy atom. The Hall–Kier alpha value is -2.94. The molecule has 0 spiro atoms. The summed E-state index contributed by atoms with van der Waals surface area (Å²) in [5.74, 6) is -0.396. The van der Waals surface area contributed by atoms with Gasteiger partial charge in [0.1, 0.15) is 36.0 Å². The van der Waals surface area contributed by atoms with Crippen molar-refractivity contribution in [2.24, 2.45) is 11.8 Å². The summed E-state index contributed by atoms with van der Waals surface area (Å²) >= 11 is 8.25. The Morgan fingerprint density at radius 2 is 1.74 bits per heavy atom. The monoisotopic (exact) mass is 715 g/mol. The van der Waals surface area contributed by atoms with Crippen molar-refractivity contribution >= 4 is 72.0 Å². The molecule has 5 aromatic heterocycles. The van der Waals surface area contributed by atoms with Gasteiger partial charge in [0.2, 0.25) is 5.78 Å². The highest BCUT2D eigenvalue weighted by Crippen LogP contribution is 2.60. The Bertz CT molecular complexity index is 2140. The van der Waals surface area contributed by atoms with Crippen molar-refractivity contribution in [2.45, 2.75) is 37.1 Å². The number of imidazole rings is 2. The van der Waals surface area contributed by atoms with Gasteiger partial charge in [0, 0.05) is 12.0 Å². The Labute approximate surface area is 266 Å². The number of alkyl halides is 1. The predicted molar refractivity (Wildman–Crippen MR) is 162 cm³/mol. The Balaban J connectivity index is 1.06. The summed E-state index contributed by atoms with van der Waals surface area (Å²) in [6.07, 6.45) is -0.408. The molecule has 1 aliphatic carbocycles. The first-order valence-electron chi connectivity index (χ1n) is 13.8. The standard InChI is InChI=1S/C22H24FN11O8P2S2/c23-13-16-12(41-21(13)33-7-27-14-17(24)25-5-26-18(14)33)4-40-43(36,45)39-3-10-9(2-38-44(37,46)42-16)1-11(10)32-6-28-15-19(32)30-22-31-29-8-34(22)20(15)35/h5-13,16,21H,1-4H2,(H,30,31)(H,36,45)(H,37,46)(H2,24,25,26)/t9-,10-,11-,12-,13-,16-,21-,43+,44-/m1/s1. The first-order chi connectivity index (χ1) is 22.0. The number of nitrogen functional groups attached to an aromatic ring is 1. The van der Waals surface area contributed by atoms with E-state index in [1.54, 1.807) is 4.57 Å². The van der Waals surface area contributed by atoms with Crippen molar-refractivity contribution in [1.29, 1.82) is 0 Å². The van der Waals surface area contributed by atoms with Crippen molar-refractivity contribution in [1.82, 2.24) is 48.7 Å². The molecule has 0 aromatic carbocycles. The number of aromatic nitrogens is 10. The number of halogens is 1. The van der Waals surface area contributed by atoms with Gasteiger partial charge in [0.15, 0.2) is 29.4 Å². The molecule has 19 nitrogen and oxygen atoms in total. The number of fused-ring (bicyclic) bond motifs is 5. The van der Waals surface area contributed by atoms with E-state index in [0.29, 0.717) is 12.1 Å². The second kappa shape index (κ2) is 11.1. The quantitative estimate of drug-likeness (QED) is 0.152. The van der Waals surface area contributed by atoms with E-state index in [4.69, 9.17) is 28.6 Å². The van der Waals surface area contributed by atoms with Gasteiger partial charge >= 0.3 is 13.6 Å². The third kappa shape index (κ3) is 5.06. The SMILES string of the molecule is Nc1ncnc2c1ncn2[C@@H]1O[C@@H]2CO[P@@](=O)(S)OC[C@@H]3[C@@H](CO[P@@](=O)(S)O[C@H]2[C@H]1F)C[C@H]3n1cnc2c(=O)n3cnnc3[nH]c21. The third-order valence-corrected chi connectivity index (χ3v) is 11.7. The minimum atomic E-state index is -4.19. The number of rotatable bonds is 2. The molecular formula is C22H24FN11O8P2S2. The summed E-state index contributed by atoms with van der Waals surface area (Å²) in [4.78, 5) is 32.3. The molecule has 0 unspecified atom stereocenters. The lowest BCUT2D eigenvalue weighted by atomic mass is 9.70. The average molecular weight is 716 g/mol. The van der Waals surface area contributed by atoms with Crippen molar-refractivity contribution in [2.75, 3.05) is 25.6 Å². The molecule has 3 fully saturated rings. The van der Waals surface area contributed by atoms with E-state index in [-0.39, 0.29) is 53.4 Å². The van der Waals surface area contributed by atoms with Gasteiger partial charge in [-0.2, -0.15) is 0 Å². The van der Waals surface area contributed by atoms with E-state index in [2.05, 4.69) is 59.6 Å². The van der Waals surface area contributed by atoms with Crippen LogP contribution in [0.2, 0.25) is 0 Å². The molecule has 244 valence electrons. The van der Waals surface area contributed by atoms with Crippen LogP contribution in [0.1, 0.15) is 18.7 Å². The Morgan fingerprint density at radius 1 is 0.978 bits per heavy atom. The zero-order chi connectivity index (χ0) is 32.0. The molecule has 5 aromatic rings. The number of nitrogens with one attached hydrogen (secondary N) is 1. The van der Waals surface area contributed by atoms with Gasteiger partial charge in [0.05, 0.1) is 32.5 Å². The lowest BCUT2D eigenvalue weighted by Gasteiger charge is -2.45. The lowest BCUT2D eigenvalue weighted by molar-refractivity contribution is -0.0408. The van der Waals surface area contributed by atoms with E-state index < -0.39 is 56.3 Å². The van der Waals surface area contributed by atoms with Crippen LogP contribution in [0.15, 0.2) is 30.1 Å². The Kier molecular flexibility index (Phi) is 7.31. The molecule has 2 aliphatic heterocycles. The van der Waals surface area contributed by atoms with Crippen molar-refractivity contribution in [3.63, 3.8) is 0 Å². The molecule has 0 radical (unpaired) electrons. The van der Waals surface area contributed by atoms with Gasteiger partial charge in [-0.1, -0.05) is 24.5 Å². The minimum absolute atomic E-state index is 0.0828. The normalized spacial score (nSPS) is 35.7. The summed E-state index contributed by atoms with van der Waals surface area (Å²) in [6.45, 7) is -9.00. The molecule has 0 amide bonds. The number of nitrogens with two attached hydrogens (primary N) is 1. The summed E-state index contributed by atoms with van der Waals surface area (Å²) < 4.78 is 75.5. The second-order valence-electron chi connectivity index (χ2n) is 11.0. The number of thiol groups is 2. The number of nitrogens with zero attached hydrogens (tertiary/aromatic N) is 9. The molecule has 1 saturated carbocycles. The fraction of sp³-hybridized carbons (Fsp3) is 0.500. The van der Waals surface area contributed by atoms with Gasteiger partial charge in [0.25, 0.3) is 5.56 Å². The van der Waals surface area contributed by atoms with Crippen molar-refractivity contribution in [3.05, 3.63) is 35.7 Å². The van der Waals surface area contributed by atoms with Crippen LogP contribution < -0.4 is 11.3 Å². The molecule has 8 rings (SSSR count). The maximum atomic E-state index is 16.0. The largest absolute Gasteiger partial charge is 0.386 e. The van der Waals surface area contributed by atoms with Gasteiger partial charge < -0.3 is 29.1 Å². The first kappa shape index (κ1) is 30.4. The summed E-state index contributed by atoms with van der Waals surface area (Å²) in [5, 5.41) is 7.67. The van der Waals surface area contributed by atoms with E-state index in [0.717, 1.165) is 0 Å². The van der Waals surface area contributed by atoms with Crippen LogP contribution in [-0.4, -0.2) is 86.9 Å². The first-order valence-corrected chi connectivity index (χ1v) is 19.2. The molecule has 2 saturated heterocycles. The van der Waals surface area contributed by atoms with E-state index >= 15 is 4.39 Å². The minimum Gasteiger partial charge on any atom is -0.382 e. The zero-order valence-corrected chi connectivity index (χ0v) is 26.8. The average Bonchev–Trinajstić information content (AvgIpc) is 3.79. The van der Waals surface area contributed by atoms with Crippen molar-refractivity contribution in [3.8, 4) is 0 Å². The zero-order valence-electron chi connectivity index (χ0n) is 23.2. The van der Waals surface area contributed by atoms with Crippen LogP contribution in [0.5, 0.6) is 0 Å². The molecule has 24 heteroatoms. The van der Waals surface area contributed by atoms with Crippen LogP contribution in [0.25, 0.3) is 28.1 Å². The molecule has 3 aliphatic rings. The second-order valence-corrected chi connectivity index (χ2v) is 16.8.